The molecule has 8 heteroatoms. The van der Waals surface area contributed by atoms with Crippen LogP contribution in [0.4, 0.5) is 5.69 Å². The molecule has 1 unspecified atom stereocenters. The van der Waals surface area contributed by atoms with E-state index in [0.717, 1.165) is 17.7 Å². The average molecular weight is 444 g/mol. The quantitative estimate of drug-likeness (QED) is 0.338. The summed E-state index contributed by atoms with van der Waals surface area (Å²) in [5.41, 5.74) is 5.39. The minimum Gasteiger partial charge on any atom is -0.328 e. The Morgan fingerprint density at radius 2 is 1.81 bits per heavy atom. The van der Waals surface area contributed by atoms with Crippen molar-refractivity contribution in [1.82, 2.24) is 9.55 Å². The first kappa shape index (κ1) is 21.6. The molecule has 0 aliphatic carbocycles. The van der Waals surface area contributed by atoms with Crippen LogP contribution in [0.3, 0.4) is 0 Å². The number of halogens is 4. The van der Waals surface area contributed by atoms with E-state index in [0.29, 0.717) is 20.8 Å². The number of hydrogen-bond acceptors (Lipinski definition) is 3. The predicted molar refractivity (Wildman–Crippen MR) is 117 cm³/mol. The standard InChI is InChI=1S/C19H17Cl3N4.ClH/c1-2-17(26-9-8-23-12-26)18(13-6-4-3-5-7-13)24-25-19-15(21)10-14(20)11-16(19)22;/h3-12,17,25H,2H2,1H3;1H/b24-18-;. The summed E-state index contributed by atoms with van der Waals surface area (Å²) in [4.78, 5) is 4.15. The van der Waals surface area contributed by atoms with E-state index in [1.165, 1.54) is 0 Å². The highest BCUT2D eigenvalue weighted by Gasteiger charge is 2.18. The molecule has 1 heterocycles. The van der Waals surface area contributed by atoms with Gasteiger partial charge in [-0.3, -0.25) is 5.43 Å². The Hall–Kier alpha value is -1.72. The van der Waals surface area contributed by atoms with Gasteiger partial charge in [0.1, 0.15) is 0 Å². The van der Waals surface area contributed by atoms with Gasteiger partial charge in [0.2, 0.25) is 0 Å². The molecular formula is C19H18Cl4N4. The van der Waals surface area contributed by atoms with E-state index in [-0.39, 0.29) is 18.4 Å². The highest BCUT2D eigenvalue weighted by molar-refractivity contribution is 6.41. The van der Waals surface area contributed by atoms with Gasteiger partial charge >= 0.3 is 0 Å². The highest BCUT2D eigenvalue weighted by atomic mass is 35.5. The minimum absolute atomic E-state index is 0. The molecule has 0 bridgehead atoms. The predicted octanol–water partition coefficient (Wildman–Crippen LogP) is 6.73. The summed E-state index contributed by atoms with van der Waals surface area (Å²) >= 11 is 18.5. The lowest BCUT2D eigenvalue weighted by Crippen LogP contribution is -2.20. The van der Waals surface area contributed by atoms with E-state index in [1.54, 1.807) is 24.7 Å². The first-order valence-electron chi connectivity index (χ1n) is 8.11. The lowest BCUT2D eigenvalue weighted by atomic mass is 10.0. The molecule has 1 N–H and O–H groups in total. The third kappa shape index (κ3) is 5.17. The maximum atomic E-state index is 6.26. The molecular weight excluding hydrogens is 426 g/mol. The summed E-state index contributed by atoms with van der Waals surface area (Å²) in [6, 6.07) is 13.2. The molecule has 0 aliphatic heterocycles. The fourth-order valence-electron chi connectivity index (χ4n) is 2.70. The zero-order chi connectivity index (χ0) is 18.5. The number of rotatable bonds is 6. The molecule has 0 radical (unpaired) electrons. The summed E-state index contributed by atoms with van der Waals surface area (Å²) < 4.78 is 2.03. The van der Waals surface area contributed by atoms with Crippen LogP contribution in [0.25, 0.3) is 0 Å². The third-order valence-corrected chi connectivity index (χ3v) is 4.77. The molecule has 4 nitrogen and oxygen atoms in total. The molecule has 3 rings (SSSR count). The Bertz CT molecular complexity index is 872. The van der Waals surface area contributed by atoms with Crippen molar-refractivity contribution in [3.05, 3.63) is 81.8 Å². The van der Waals surface area contributed by atoms with E-state index in [4.69, 9.17) is 34.8 Å². The Balaban J connectivity index is 0.00000261. The molecule has 3 aromatic rings. The van der Waals surface area contributed by atoms with Crippen LogP contribution in [-0.4, -0.2) is 15.3 Å². The molecule has 2 aromatic carbocycles. The monoisotopic (exact) mass is 442 g/mol. The lowest BCUT2D eigenvalue weighted by molar-refractivity contribution is 0.616. The molecule has 142 valence electrons. The van der Waals surface area contributed by atoms with Gasteiger partial charge in [0.15, 0.2) is 0 Å². The van der Waals surface area contributed by atoms with Gasteiger partial charge in [-0.15, -0.1) is 12.4 Å². The Morgan fingerprint density at radius 3 is 2.37 bits per heavy atom. The number of nitrogens with one attached hydrogen (secondary N) is 1. The molecule has 0 spiro atoms. The van der Waals surface area contributed by atoms with Crippen LogP contribution in [0.2, 0.25) is 15.1 Å². The second kappa shape index (κ2) is 10.00. The van der Waals surface area contributed by atoms with Crippen molar-refractivity contribution in [3.8, 4) is 0 Å². The average Bonchev–Trinajstić information content (AvgIpc) is 3.15. The summed E-state index contributed by atoms with van der Waals surface area (Å²) in [6.45, 7) is 2.10. The first-order chi connectivity index (χ1) is 12.6. The second-order valence-electron chi connectivity index (χ2n) is 5.65. The maximum Gasteiger partial charge on any atom is 0.0952 e. The molecule has 27 heavy (non-hydrogen) atoms. The SMILES string of the molecule is CCC(/C(=N\Nc1c(Cl)cc(Cl)cc1Cl)c1ccccc1)n1ccnc1.Cl. The van der Waals surface area contributed by atoms with Gasteiger partial charge in [-0.1, -0.05) is 72.1 Å². The van der Waals surface area contributed by atoms with Gasteiger partial charge < -0.3 is 4.57 Å². The molecule has 1 aromatic heterocycles. The van der Waals surface area contributed by atoms with Crippen molar-refractivity contribution < 1.29 is 0 Å². The van der Waals surface area contributed by atoms with Crippen molar-refractivity contribution in [2.75, 3.05) is 5.43 Å². The van der Waals surface area contributed by atoms with E-state index in [1.807, 2.05) is 41.1 Å². The number of benzene rings is 2. The van der Waals surface area contributed by atoms with E-state index >= 15 is 0 Å². The van der Waals surface area contributed by atoms with Gasteiger partial charge in [0.25, 0.3) is 0 Å². The van der Waals surface area contributed by atoms with Gasteiger partial charge in [0, 0.05) is 17.4 Å². The van der Waals surface area contributed by atoms with E-state index in [9.17, 15) is 0 Å². The van der Waals surface area contributed by atoms with Crippen LogP contribution in [0.1, 0.15) is 24.9 Å². The van der Waals surface area contributed by atoms with Crippen molar-refractivity contribution in [3.63, 3.8) is 0 Å². The fourth-order valence-corrected chi connectivity index (χ4v) is 3.61. The normalized spacial score (nSPS) is 12.4. The number of hydrazone groups is 1. The third-order valence-electron chi connectivity index (χ3n) is 3.95. The highest BCUT2D eigenvalue weighted by Crippen LogP contribution is 2.34. The molecule has 0 aliphatic rings. The number of hydrogen-bond donors (Lipinski definition) is 1. The Morgan fingerprint density at radius 1 is 1.15 bits per heavy atom. The number of aromatic nitrogens is 2. The van der Waals surface area contributed by atoms with Crippen molar-refractivity contribution in [2.45, 2.75) is 19.4 Å². The number of nitrogens with zero attached hydrogens (tertiary/aromatic N) is 3. The van der Waals surface area contributed by atoms with Crippen LogP contribution in [0.15, 0.2) is 66.3 Å². The van der Waals surface area contributed by atoms with Gasteiger partial charge in [-0.2, -0.15) is 5.10 Å². The maximum absolute atomic E-state index is 6.26. The zero-order valence-electron chi connectivity index (χ0n) is 14.4. The van der Waals surface area contributed by atoms with Crippen molar-refractivity contribution >= 4 is 58.6 Å². The Kier molecular flexibility index (Phi) is 7.99. The molecule has 0 amide bonds. The topological polar surface area (TPSA) is 42.2 Å². The fraction of sp³-hybridized carbons (Fsp3) is 0.158. The van der Waals surface area contributed by atoms with Crippen LogP contribution in [0, 0.1) is 0 Å². The summed E-state index contributed by atoms with van der Waals surface area (Å²) in [5.74, 6) is 0. The van der Waals surface area contributed by atoms with E-state index in [2.05, 4.69) is 22.4 Å². The first-order valence-corrected chi connectivity index (χ1v) is 9.24. The minimum atomic E-state index is 0. The summed E-state index contributed by atoms with van der Waals surface area (Å²) in [5, 5.41) is 5.95. The van der Waals surface area contributed by atoms with E-state index < -0.39 is 0 Å². The lowest BCUT2D eigenvalue weighted by Gasteiger charge is -2.20. The summed E-state index contributed by atoms with van der Waals surface area (Å²) in [6.07, 6.45) is 6.31. The van der Waals surface area contributed by atoms with Crippen LogP contribution >= 0.6 is 47.2 Å². The molecule has 0 fully saturated rings. The van der Waals surface area contributed by atoms with Gasteiger partial charge in [0.05, 0.1) is 33.8 Å². The largest absolute Gasteiger partial charge is 0.328 e. The van der Waals surface area contributed by atoms with Crippen LogP contribution in [-0.2, 0) is 0 Å². The zero-order valence-corrected chi connectivity index (χ0v) is 17.5. The van der Waals surface area contributed by atoms with Gasteiger partial charge in [-0.25, -0.2) is 4.98 Å². The summed E-state index contributed by atoms with van der Waals surface area (Å²) in [7, 11) is 0. The molecule has 1 atom stereocenters. The number of anilines is 1. The Labute approximate surface area is 179 Å². The van der Waals surface area contributed by atoms with Crippen LogP contribution < -0.4 is 5.43 Å². The van der Waals surface area contributed by atoms with Crippen molar-refractivity contribution in [1.29, 1.82) is 0 Å². The smallest absolute Gasteiger partial charge is 0.0952 e. The molecule has 0 saturated carbocycles. The van der Waals surface area contributed by atoms with Crippen molar-refractivity contribution in [2.24, 2.45) is 5.10 Å². The molecule has 0 saturated heterocycles. The van der Waals surface area contributed by atoms with Crippen LogP contribution in [0.5, 0.6) is 0 Å². The number of imidazole rings is 1. The van der Waals surface area contributed by atoms with Gasteiger partial charge in [-0.05, 0) is 24.1 Å². The second-order valence-corrected chi connectivity index (χ2v) is 6.90.